The molecule has 0 aliphatic carbocycles. The normalized spacial score (nSPS) is 9.50. The minimum absolute atomic E-state index is 0. The Labute approximate surface area is 135 Å². The Bertz CT molecular complexity index is 301. The van der Waals surface area contributed by atoms with Crippen LogP contribution < -0.4 is 89.3 Å². The molecule has 0 aliphatic rings. The van der Waals surface area contributed by atoms with Crippen molar-refractivity contribution >= 4 is 0 Å². The summed E-state index contributed by atoms with van der Waals surface area (Å²) in [5, 5.41) is 0. The van der Waals surface area contributed by atoms with E-state index in [-0.39, 0.29) is 80.9 Å². The third-order valence-electron chi connectivity index (χ3n) is 0. The van der Waals surface area contributed by atoms with Crippen molar-refractivity contribution in [3.63, 3.8) is 0 Å². The quantitative estimate of drug-likeness (QED) is 0.400. The molecule has 0 rings (SSSR count). The maximum atomic E-state index is 8.58. The van der Waals surface area contributed by atoms with Gasteiger partial charge >= 0.3 is 138 Å². The first-order valence-electron chi connectivity index (χ1n) is 1.23. The molecule has 0 aromatic carbocycles. The molecule has 12 heavy (non-hydrogen) atoms. The van der Waals surface area contributed by atoms with Crippen LogP contribution in [0.2, 0.25) is 0 Å². The van der Waals surface area contributed by atoms with Gasteiger partial charge < -0.3 is 0 Å². The van der Waals surface area contributed by atoms with Gasteiger partial charge in [-0.3, -0.25) is 0 Å². The summed E-state index contributed by atoms with van der Waals surface area (Å²) in [6, 6.07) is 0. The van der Waals surface area contributed by atoms with E-state index in [0.717, 1.165) is 0 Å². The van der Waals surface area contributed by atoms with E-state index >= 15 is 0 Å². The molecule has 0 aromatic heterocycles. The van der Waals surface area contributed by atoms with E-state index in [1.54, 1.807) is 0 Å². The van der Waals surface area contributed by atoms with Crippen molar-refractivity contribution in [2.45, 2.75) is 0 Å². The van der Waals surface area contributed by atoms with Crippen LogP contribution in [0.4, 0.5) is 0 Å². The molecular weight excluding hydrogens is 300 g/mol. The molecule has 0 saturated heterocycles. The first-order chi connectivity index (χ1) is 4.00. The van der Waals surface area contributed by atoms with Gasteiger partial charge in [-0.15, -0.1) is 0 Å². The van der Waals surface area contributed by atoms with Crippen molar-refractivity contribution in [1.29, 1.82) is 0 Å². The molecule has 0 amide bonds. The van der Waals surface area contributed by atoms with Crippen LogP contribution in [0, 0.1) is 0 Å². The molecular formula is KMn2NaO8. The van der Waals surface area contributed by atoms with E-state index in [1.807, 2.05) is 0 Å². The first-order valence-corrected chi connectivity index (χ1v) is 5.09. The number of rotatable bonds is 0. The van der Waals surface area contributed by atoms with Crippen LogP contribution in [0.1, 0.15) is 0 Å². The maximum absolute atomic E-state index is 8.58. The molecule has 0 unspecified atom stereocenters. The van der Waals surface area contributed by atoms with Crippen molar-refractivity contribution in [1.82, 2.24) is 0 Å². The predicted molar refractivity (Wildman–Crippen MR) is 4.12 cm³/mol. The zero-order valence-corrected chi connectivity index (χ0v) is 13.5. The van der Waals surface area contributed by atoms with Crippen molar-refractivity contribution in [3.8, 4) is 0 Å². The Kier molecular flexibility index (Phi) is 19.8. The fraction of sp³-hybridized carbons (Fsp3) is 0. The fourth-order valence-corrected chi connectivity index (χ4v) is 0. The fourth-order valence-electron chi connectivity index (χ4n) is 0. The van der Waals surface area contributed by atoms with Gasteiger partial charge in [0.05, 0.1) is 0 Å². The van der Waals surface area contributed by atoms with E-state index in [4.69, 9.17) is 31.4 Å². The van der Waals surface area contributed by atoms with Crippen LogP contribution in [0.25, 0.3) is 0 Å². The average Bonchev–Trinajstić information content (AvgIpc) is 1.12. The zero-order valence-electron chi connectivity index (χ0n) is 6.02. The molecule has 0 saturated carbocycles. The molecule has 0 aliphatic heterocycles. The Morgan fingerprint density at radius 1 is 0.667 bits per heavy atom. The van der Waals surface area contributed by atoms with E-state index in [9.17, 15) is 0 Å². The molecule has 0 aromatic rings. The summed E-state index contributed by atoms with van der Waals surface area (Å²) in [6.45, 7) is 0. The van der Waals surface area contributed by atoms with Crippen LogP contribution in [0.3, 0.4) is 0 Å². The Hall–Kier alpha value is 2.40. The molecule has 0 fully saturated rings. The van der Waals surface area contributed by atoms with Crippen LogP contribution in [0.5, 0.6) is 0 Å². The van der Waals surface area contributed by atoms with E-state index in [2.05, 4.69) is 0 Å². The summed E-state index contributed by atoms with van der Waals surface area (Å²) in [6.07, 6.45) is 0. The van der Waals surface area contributed by atoms with Gasteiger partial charge in [0, 0.05) is 0 Å². The van der Waals surface area contributed by atoms with Gasteiger partial charge in [0.15, 0.2) is 0 Å². The van der Waals surface area contributed by atoms with E-state index in [1.165, 1.54) is 0 Å². The van der Waals surface area contributed by atoms with Crippen molar-refractivity contribution in [2.75, 3.05) is 0 Å². The van der Waals surface area contributed by atoms with E-state index in [0.29, 0.717) is 0 Å². The molecule has 8 nitrogen and oxygen atoms in total. The van der Waals surface area contributed by atoms with Crippen molar-refractivity contribution in [3.05, 3.63) is 0 Å². The third kappa shape index (κ3) is 281. The average molecular weight is 300 g/mol. The van der Waals surface area contributed by atoms with Gasteiger partial charge in [-0.1, -0.05) is 0 Å². The molecule has 12 heteroatoms. The van der Waals surface area contributed by atoms with Crippen molar-refractivity contribution < 1.29 is 138 Å². The van der Waals surface area contributed by atoms with Crippen LogP contribution >= 0.6 is 0 Å². The monoisotopic (exact) mass is 300 g/mol. The summed E-state index contributed by atoms with van der Waals surface area (Å²) in [4.78, 5) is 0. The molecule has 0 atom stereocenters. The van der Waals surface area contributed by atoms with Gasteiger partial charge in [-0.05, 0) is 0 Å². The van der Waals surface area contributed by atoms with Crippen molar-refractivity contribution in [2.24, 2.45) is 0 Å². The van der Waals surface area contributed by atoms with Crippen LogP contribution in [-0.4, -0.2) is 0 Å². The standard InChI is InChI=1S/K.2Mn.Na.8O/q+1;;;+1;;;;;;;2*-1. The van der Waals surface area contributed by atoms with Crippen LogP contribution in [-0.2, 0) is 48.9 Å². The Balaban J connectivity index is -0.0000000457. The molecule has 0 bridgehead atoms. The third-order valence-corrected chi connectivity index (χ3v) is 0. The number of hydrogen-bond donors (Lipinski definition) is 0. The second kappa shape index (κ2) is 9.93. The second-order valence-electron chi connectivity index (χ2n) is 0.756. The molecule has 0 heterocycles. The summed E-state index contributed by atoms with van der Waals surface area (Å²) >= 11 is -11.2. The SMILES string of the molecule is [K+].[Na+].[O]=[Mn](=[O])(=[O])[O-].[O]=[Mn](=[O])(=[O])[O-]. The zero-order chi connectivity index (χ0) is 9.00. The summed E-state index contributed by atoms with van der Waals surface area (Å²) in [5.41, 5.74) is 0. The van der Waals surface area contributed by atoms with Gasteiger partial charge in [0.1, 0.15) is 0 Å². The minimum atomic E-state index is -5.62. The summed E-state index contributed by atoms with van der Waals surface area (Å²) in [7, 11) is 0. The summed E-state index contributed by atoms with van der Waals surface area (Å²) in [5.74, 6) is 0. The van der Waals surface area contributed by atoms with Crippen LogP contribution in [0.15, 0.2) is 0 Å². The second-order valence-corrected chi connectivity index (χ2v) is 3.12. The predicted octanol–water partition coefficient (Wildman–Crippen LogP) is -9.09. The molecule has 64 valence electrons. The van der Waals surface area contributed by atoms with Gasteiger partial charge in [0.25, 0.3) is 0 Å². The number of hydrogen-bond acceptors (Lipinski definition) is 8. The van der Waals surface area contributed by atoms with Gasteiger partial charge in [0.2, 0.25) is 0 Å². The summed E-state index contributed by atoms with van der Waals surface area (Å²) < 4.78 is 68.6. The van der Waals surface area contributed by atoms with Gasteiger partial charge in [-0.2, -0.15) is 0 Å². The molecule has 0 N–H and O–H groups in total. The molecule has 0 spiro atoms. The topological polar surface area (TPSA) is 149 Å². The Morgan fingerprint density at radius 3 is 0.667 bits per heavy atom. The Morgan fingerprint density at radius 2 is 0.667 bits per heavy atom. The first kappa shape index (κ1) is 23.9. The van der Waals surface area contributed by atoms with E-state index < -0.39 is 25.9 Å². The van der Waals surface area contributed by atoms with Gasteiger partial charge in [-0.25, -0.2) is 0 Å². The molecule has 0 radical (unpaired) electrons.